The average Bonchev–Trinajstić information content (AvgIpc) is 2.82. The highest BCUT2D eigenvalue weighted by atomic mass is 16.1. The number of nitrogens with one attached hydrogen (secondary N) is 1. The number of primary amides is 1. The fourth-order valence-corrected chi connectivity index (χ4v) is 2.12. The summed E-state index contributed by atoms with van der Waals surface area (Å²) in [6.07, 6.45) is 5.10. The van der Waals surface area contributed by atoms with Crippen molar-refractivity contribution >= 4 is 16.8 Å². The van der Waals surface area contributed by atoms with E-state index >= 15 is 0 Å². The lowest BCUT2D eigenvalue weighted by molar-refractivity contribution is 0.100. The number of benzene rings is 1. The highest BCUT2D eigenvalue weighted by molar-refractivity contribution is 6.04. The lowest BCUT2D eigenvalue weighted by Gasteiger charge is -2.04. The van der Waals surface area contributed by atoms with Gasteiger partial charge in [0.2, 0.25) is 5.91 Å². The maximum atomic E-state index is 11.4. The van der Waals surface area contributed by atoms with Gasteiger partial charge in [-0.15, -0.1) is 0 Å². The van der Waals surface area contributed by atoms with Crippen LogP contribution in [0, 0.1) is 0 Å². The maximum absolute atomic E-state index is 11.4. The zero-order chi connectivity index (χ0) is 12.5. The maximum Gasteiger partial charge on any atom is 0.249 e. The lowest BCUT2D eigenvalue weighted by atomic mass is 10.0. The van der Waals surface area contributed by atoms with Gasteiger partial charge in [0, 0.05) is 40.6 Å². The number of nitrogens with two attached hydrogens (primary N) is 1. The summed E-state index contributed by atoms with van der Waals surface area (Å²) in [6.45, 7) is 0. The van der Waals surface area contributed by atoms with Gasteiger partial charge in [0.05, 0.1) is 5.56 Å². The van der Waals surface area contributed by atoms with Crippen LogP contribution >= 0.6 is 0 Å². The van der Waals surface area contributed by atoms with Gasteiger partial charge in [-0.1, -0.05) is 18.2 Å². The van der Waals surface area contributed by atoms with E-state index in [1.54, 1.807) is 18.5 Å². The Balaban J connectivity index is 2.30. The van der Waals surface area contributed by atoms with Crippen molar-refractivity contribution in [1.82, 2.24) is 9.97 Å². The number of hydrogen-bond acceptors (Lipinski definition) is 2. The zero-order valence-corrected chi connectivity index (χ0v) is 9.55. The van der Waals surface area contributed by atoms with Gasteiger partial charge in [-0.25, -0.2) is 0 Å². The summed E-state index contributed by atoms with van der Waals surface area (Å²) in [7, 11) is 0. The van der Waals surface area contributed by atoms with Crippen LogP contribution in [0.2, 0.25) is 0 Å². The molecule has 0 saturated heterocycles. The van der Waals surface area contributed by atoms with Gasteiger partial charge >= 0.3 is 0 Å². The number of pyridine rings is 1. The first-order valence-electron chi connectivity index (χ1n) is 5.57. The number of hydrogen-bond donors (Lipinski definition) is 2. The molecule has 0 aliphatic rings. The van der Waals surface area contributed by atoms with E-state index in [-0.39, 0.29) is 0 Å². The largest absolute Gasteiger partial charge is 0.366 e. The first-order valence-corrected chi connectivity index (χ1v) is 5.57. The van der Waals surface area contributed by atoms with Gasteiger partial charge in [-0.2, -0.15) is 0 Å². The topological polar surface area (TPSA) is 71.8 Å². The molecule has 1 amide bonds. The molecule has 0 spiro atoms. The first-order chi connectivity index (χ1) is 8.77. The van der Waals surface area contributed by atoms with Gasteiger partial charge in [-0.3, -0.25) is 9.78 Å². The minimum Gasteiger partial charge on any atom is -0.366 e. The van der Waals surface area contributed by atoms with Crippen molar-refractivity contribution in [2.45, 2.75) is 0 Å². The van der Waals surface area contributed by atoms with E-state index in [0.29, 0.717) is 5.56 Å². The average molecular weight is 237 g/mol. The Morgan fingerprint density at radius 3 is 2.83 bits per heavy atom. The van der Waals surface area contributed by atoms with Crippen LogP contribution in [0.4, 0.5) is 0 Å². The summed E-state index contributed by atoms with van der Waals surface area (Å²) >= 11 is 0. The van der Waals surface area contributed by atoms with Crippen molar-refractivity contribution in [3.05, 3.63) is 54.5 Å². The number of fused-ring (bicyclic) bond motifs is 1. The number of carbonyl (C=O) groups excluding carboxylic acids is 1. The highest BCUT2D eigenvalue weighted by Gasteiger charge is 2.13. The Kier molecular flexibility index (Phi) is 2.34. The second kappa shape index (κ2) is 4.00. The van der Waals surface area contributed by atoms with Gasteiger partial charge in [0.15, 0.2) is 0 Å². The normalized spacial score (nSPS) is 10.7. The molecular weight excluding hydrogens is 226 g/mol. The summed E-state index contributed by atoms with van der Waals surface area (Å²) in [5, 5.41) is 1.05. The van der Waals surface area contributed by atoms with Crippen LogP contribution < -0.4 is 5.73 Å². The molecule has 4 nitrogen and oxygen atoms in total. The quantitative estimate of drug-likeness (QED) is 0.718. The molecular formula is C14H11N3O. The van der Waals surface area contributed by atoms with E-state index in [1.165, 1.54) is 0 Å². The van der Waals surface area contributed by atoms with Gasteiger partial charge < -0.3 is 10.7 Å². The predicted molar refractivity (Wildman–Crippen MR) is 70.0 cm³/mol. The Hall–Kier alpha value is -2.62. The number of carbonyl (C=O) groups is 1. The van der Waals surface area contributed by atoms with Crippen LogP contribution in [0.5, 0.6) is 0 Å². The monoisotopic (exact) mass is 237 g/mol. The molecule has 0 bridgehead atoms. The van der Waals surface area contributed by atoms with Crippen LogP contribution in [-0.2, 0) is 0 Å². The molecule has 4 heteroatoms. The van der Waals surface area contributed by atoms with Crippen LogP contribution in [0.15, 0.2) is 48.9 Å². The predicted octanol–water partition coefficient (Wildman–Crippen LogP) is 2.33. The zero-order valence-electron chi connectivity index (χ0n) is 9.55. The van der Waals surface area contributed by atoms with Crippen molar-refractivity contribution in [1.29, 1.82) is 0 Å². The fourth-order valence-electron chi connectivity index (χ4n) is 2.12. The first kappa shape index (κ1) is 10.5. The number of aromatic nitrogens is 2. The van der Waals surface area contributed by atoms with Crippen LogP contribution in [0.3, 0.4) is 0 Å². The molecule has 0 fully saturated rings. The summed E-state index contributed by atoms with van der Waals surface area (Å²) in [4.78, 5) is 18.7. The van der Waals surface area contributed by atoms with Crippen LogP contribution in [0.25, 0.3) is 22.0 Å². The summed E-state index contributed by atoms with van der Waals surface area (Å²) < 4.78 is 0. The van der Waals surface area contributed by atoms with Gasteiger partial charge in [0.1, 0.15) is 0 Å². The van der Waals surface area contributed by atoms with Gasteiger partial charge in [-0.05, 0) is 12.1 Å². The van der Waals surface area contributed by atoms with Crippen molar-refractivity contribution in [3.63, 3.8) is 0 Å². The van der Waals surface area contributed by atoms with E-state index in [9.17, 15) is 4.79 Å². The standard InChI is InChI=1S/C14H11N3O/c15-14(18)10-5-6-16-7-11(10)12-8-17-13-4-2-1-3-9(12)13/h1-8,17H,(H2,15,18). The smallest absolute Gasteiger partial charge is 0.249 e. The third-order valence-electron chi connectivity index (χ3n) is 2.97. The molecule has 1 aromatic carbocycles. The number of rotatable bonds is 2. The Bertz CT molecular complexity index is 730. The minimum absolute atomic E-state index is 0.447. The summed E-state index contributed by atoms with van der Waals surface area (Å²) in [6, 6.07) is 9.54. The van der Waals surface area contributed by atoms with E-state index in [0.717, 1.165) is 22.0 Å². The number of H-pyrrole nitrogens is 1. The molecule has 3 N–H and O–H groups in total. The molecule has 0 atom stereocenters. The van der Waals surface area contributed by atoms with E-state index < -0.39 is 5.91 Å². The lowest BCUT2D eigenvalue weighted by Crippen LogP contribution is -2.12. The molecule has 0 aliphatic heterocycles. The molecule has 0 unspecified atom stereocenters. The molecule has 0 radical (unpaired) electrons. The van der Waals surface area contributed by atoms with Crippen LogP contribution in [-0.4, -0.2) is 15.9 Å². The Morgan fingerprint density at radius 1 is 1.17 bits per heavy atom. The van der Waals surface area contributed by atoms with Crippen molar-refractivity contribution < 1.29 is 4.79 Å². The second-order valence-electron chi connectivity index (χ2n) is 4.03. The fraction of sp³-hybridized carbons (Fsp3) is 0. The third-order valence-corrected chi connectivity index (χ3v) is 2.97. The summed E-state index contributed by atoms with van der Waals surface area (Å²) in [5.74, 6) is -0.447. The molecule has 0 saturated carbocycles. The van der Waals surface area contributed by atoms with Gasteiger partial charge in [0.25, 0.3) is 0 Å². The van der Waals surface area contributed by atoms with E-state index in [1.807, 2.05) is 30.5 Å². The molecule has 2 heterocycles. The molecule has 3 aromatic rings. The Labute approximate surface area is 103 Å². The summed E-state index contributed by atoms with van der Waals surface area (Å²) in [5.41, 5.74) is 8.58. The molecule has 18 heavy (non-hydrogen) atoms. The third kappa shape index (κ3) is 1.55. The van der Waals surface area contributed by atoms with Crippen molar-refractivity contribution in [3.8, 4) is 11.1 Å². The van der Waals surface area contributed by atoms with Crippen LogP contribution in [0.1, 0.15) is 10.4 Å². The van der Waals surface area contributed by atoms with Crippen molar-refractivity contribution in [2.75, 3.05) is 0 Å². The molecule has 2 aromatic heterocycles. The Morgan fingerprint density at radius 2 is 2.00 bits per heavy atom. The SMILES string of the molecule is NC(=O)c1ccncc1-c1c[nH]c2ccccc12. The number of para-hydroxylation sites is 1. The van der Waals surface area contributed by atoms with Crippen molar-refractivity contribution in [2.24, 2.45) is 5.73 Å². The minimum atomic E-state index is -0.447. The van der Waals surface area contributed by atoms with E-state index in [2.05, 4.69) is 9.97 Å². The van der Waals surface area contributed by atoms with E-state index in [4.69, 9.17) is 5.73 Å². The highest BCUT2D eigenvalue weighted by Crippen LogP contribution is 2.30. The number of aromatic amines is 1. The molecule has 88 valence electrons. The molecule has 0 aliphatic carbocycles. The number of nitrogens with zero attached hydrogens (tertiary/aromatic N) is 1. The second-order valence-corrected chi connectivity index (χ2v) is 4.03. The molecule has 3 rings (SSSR count). The number of amides is 1.